The predicted octanol–water partition coefficient (Wildman–Crippen LogP) is 8.09. The molecule has 0 radical (unpaired) electrons. The van der Waals surface area contributed by atoms with E-state index in [0.717, 1.165) is 10.9 Å². The maximum atomic E-state index is 14.6. The van der Waals surface area contributed by atoms with Crippen LogP contribution in [0.5, 0.6) is 0 Å². The molecule has 1 amide bonds. The summed E-state index contributed by atoms with van der Waals surface area (Å²) in [6.45, 7) is 13.8. The van der Waals surface area contributed by atoms with Gasteiger partial charge in [-0.25, -0.2) is 9.59 Å². The lowest BCUT2D eigenvalue weighted by atomic mass is 10.0. The van der Waals surface area contributed by atoms with Crippen molar-refractivity contribution in [3.63, 3.8) is 0 Å². The minimum absolute atomic E-state index is 0.171. The molecule has 1 saturated heterocycles. The zero-order valence-electron chi connectivity index (χ0n) is 27.5. The fourth-order valence-electron chi connectivity index (χ4n) is 5.44. The molecule has 3 heterocycles. The highest BCUT2D eigenvalue weighted by atomic mass is 35.5. The molecule has 1 aliphatic rings. The van der Waals surface area contributed by atoms with Crippen LogP contribution in [0.4, 0.5) is 10.7 Å². The van der Waals surface area contributed by atoms with E-state index in [9.17, 15) is 14.4 Å². The van der Waals surface area contributed by atoms with Crippen molar-refractivity contribution in [3.05, 3.63) is 75.9 Å². The van der Waals surface area contributed by atoms with Crippen LogP contribution in [0, 0.1) is 0 Å². The zero-order chi connectivity index (χ0) is 34.3. The van der Waals surface area contributed by atoms with Gasteiger partial charge in [-0.3, -0.25) is 9.36 Å². The van der Waals surface area contributed by atoms with Gasteiger partial charge in [0.15, 0.2) is 0 Å². The van der Waals surface area contributed by atoms with Crippen LogP contribution in [0.25, 0.3) is 28.2 Å². The molecule has 0 saturated carbocycles. The maximum absolute atomic E-state index is 14.6. The van der Waals surface area contributed by atoms with Gasteiger partial charge in [0.2, 0.25) is 5.88 Å². The second-order valence-electron chi connectivity index (χ2n) is 13.4. The Bertz CT molecular complexity index is 1840. The van der Waals surface area contributed by atoms with Gasteiger partial charge < -0.3 is 23.8 Å². The first-order valence-electron chi connectivity index (χ1n) is 15.3. The number of rotatable bonds is 5. The predicted molar refractivity (Wildman–Crippen MR) is 183 cm³/mol. The second kappa shape index (κ2) is 13.1. The average molecular weight is 682 g/mol. The lowest BCUT2D eigenvalue weighted by Gasteiger charge is -2.40. The van der Waals surface area contributed by atoms with Crippen LogP contribution in [0.15, 0.2) is 59.3 Å². The Balaban J connectivity index is 1.55. The van der Waals surface area contributed by atoms with Gasteiger partial charge in [-0.1, -0.05) is 46.6 Å². The van der Waals surface area contributed by atoms with Crippen molar-refractivity contribution in [1.82, 2.24) is 14.6 Å². The quantitative estimate of drug-likeness (QED) is 0.154. The highest BCUT2D eigenvalue weighted by Gasteiger charge is 2.37. The lowest BCUT2D eigenvalue weighted by molar-refractivity contribution is -0.148. The number of ether oxygens (including phenoxy) is 2. The van der Waals surface area contributed by atoms with E-state index in [0.29, 0.717) is 40.8 Å². The third kappa shape index (κ3) is 7.49. The molecule has 12 heteroatoms. The van der Waals surface area contributed by atoms with E-state index in [4.69, 9.17) is 37.2 Å². The van der Waals surface area contributed by atoms with E-state index >= 15 is 0 Å². The van der Waals surface area contributed by atoms with E-state index in [-0.39, 0.29) is 23.2 Å². The lowest BCUT2D eigenvalue weighted by Crippen LogP contribution is -2.54. The molecular weight excluding hydrogens is 643 g/mol. The first kappa shape index (κ1) is 34.1. The first-order valence-corrected chi connectivity index (χ1v) is 16.0. The van der Waals surface area contributed by atoms with Crippen molar-refractivity contribution in [2.24, 2.45) is 0 Å². The maximum Gasteiger partial charge on any atom is 0.410 e. The van der Waals surface area contributed by atoms with E-state index < -0.39 is 29.2 Å². The summed E-state index contributed by atoms with van der Waals surface area (Å²) in [6, 6.07) is 12.1. The summed E-state index contributed by atoms with van der Waals surface area (Å²) < 4.78 is 18.4. The number of halogens is 2. The van der Waals surface area contributed by atoms with Crippen LogP contribution >= 0.6 is 23.2 Å². The molecule has 0 bridgehead atoms. The first-order chi connectivity index (χ1) is 22.0. The molecule has 4 aromatic rings. The number of benzene rings is 2. The molecule has 0 spiro atoms. The molecule has 10 nitrogen and oxygen atoms in total. The van der Waals surface area contributed by atoms with E-state index in [2.05, 4.69) is 5.16 Å². The number of esters is 1. The Morgan fingerprint density at radius 1 is 0.936 bits per heavy atom. The number of carbonyl (C=O) groups is 3. The summed E-state index contributed by atoms with van der Waals surface area (Å²) in [5.74, 6) is -0.654. The van der Waals surface area contributed by atoms with Crippen LogP contribution in [-0.4, -0.2) is 69.5 Å². The minimum atomic E-state index is -0.629. The number of amides is 1. The Kier molecular flexibility index (Phi) is 9.48. The summed E-state index contributed by atoms with van der Waals surface area (Å²) in [5.41, 5.74) is 0.818. The summed E-state index contributed by atoms with van der Waals surface area (Å²) in [4.78, 5) is 43.3. The molecule has 1 fully saturated rings. The largest absolute Gasteiger partial charge is 0.457 e. The summed E-state index contributed by atoms with van der Waals surface area (Å²) in [6.07, 6.45) is 4.29. The van der Waals surface area contributed by atoms with Crippen molar-refractivity contribution in [1.29, 1.82) is 0 Å². The van der Waals surface area contributed by atoms with Gasteiger partial charge in [0.25, 0.3) is 5.91 Å². The van der Waals surface area contributed by atoms with Crippen molar-refractivity contribution in [2.75, 3.05) is 24.5 Å². The number of carbonyl (C=O) groups excluding carboxylic acids is 3. The number of hydrogen-bond donors (Lipinski definition) is 0. The molecule has 1 aliphatic heterocycles. The monoisotopic (exact) mass is 680 g/mol. The number of piperazine rings is 1. The molecular formula is C35H38Cl2N4O6. The van der Waals surface area contributed by atoms with Gasteiger partial charge in [-0.2, -0.15) is 0 Å². The summed E-state index contributed by atoms with van der Waals surface area (Å²) >= 11 is 13.2. The Morgan fingerprint density at radius 3 is 2.23 bits per heavy atom. The number of fused-ring (bicyclic) bond motifs is 1. The van der Waals surface area contributed by atoms with Gasteiger partial charge in [0, 0.05) is 48.9 Å². The van der Waals surface area contributed by atoms with Crippen molar-refractivity contribution < 1.29 is 28.4 Å². The smallest absolute Gasteiger partial charge is 0.410 e. The van der Waals surface area contributed by atoms with Crippen molar-refractivity contribution in [2.45, 2.75) is 65.7 Å². The third-order valence-corrected chi connectivity index (χ3v) is 8.05. The third-order valence-electron chi connectivity index (χ3n) is 7.42. The van der Waals surface area contributed by atoms with Gasteiger partial charge in [0.1, 0.15) is 22.5 Å². The topological polar surface area (TPSA) is 107 Å². The fraction of sp³-hybridized carbons (Fsp3) is 0.371. The van der Waals surface area contributed by atoms with Crippen LogP contribution in [-0.2, 0) is 14.3 Å². The molecule has 0 unspecified atom stereocenters. The molecule has 1 atom stereocenters. The summed E-state index contributed by atoms with van der Waals surface area (Å²) in [7, 11) is 0. The molecule has 2 aromatic carbocycles. The van der Waals surface area contributed by atoms with Gasteiger partial charge in [-0.15, -0.1) is 0 Å². The van der Waals surface area contributed by atoms with E-state index in [1.165, 1.54) is 10.6 Å². The average Bonchev–Trinajstić information content (AvgIpc) is 3.59. The van der Waals surface area contributed by atoms with Gasteiger partial charge >= 0.3 is 12.1 Å². The Labute approximate surface area is 283 Å². The molecule has 47 heavy (non-hydrogen) atoms. The molecule has 248 valence electrons. The number of hydrogen-bond acceptors (Lipinski definition) is 8. The van der Waals surface area contributed by atoms with Crippen molar-refractivity contribution >= 4 is 64.0 Å². The summed E-state index contributed by atoms with van der Waals surface area (Å²) in [5, 5.41) is 5.70. The molecule has 2 aromatic heterocycles. The number of anilines is 1. The van der Waals surface area contributed by atoms with Crippen LogP contribution in [0.3, 0.4) is 0 Å². The van der Waals surface area contributed by atoms with Gasteiger partial charge in [-0.05, 0) is 84.4 Å². The molecule has 0 N–H and O–H groups in total. The zero-order valence-corrected chi connectivity index (χ0v) is 29.0. The Morgan fingerprint density at radius 2 is 1.60 bits per heavy atom. The normalized spacial score (nSPS) is 15.8. The second-order valence-corrected chi connectivity index (χ2v) is 14.2. The van der Waals surface area contributed by atoms with Crippen LogP contribution in [0.2, 0.25) is 10.0 Å². The number of nitrogens with zero attached hydrogens (tertiary/aromatic N) is 4. The molecule has 5 rings (SSSR count). The van der Waals surface area contributed by atoms with Crippen molar-refractivity contribution in [3.8, 4) is 11.3 Å². The van der Waals surface area contributed by atoms with Gasteiger partial charge in [0.05, 0.1) is 15.6 Å². The van der Waals surface area contributed by atoms with E-state index in [1.807, 2.05) is 44.7 Å². The van der Waals surface area contributed by atoms with Crippen LogP contribution < -0.4 is 4.90 Å². The molecule has 0 aliphatic carbocycles. The minimum Gasteiger partial charge on any atom is -0.457 e. The highest BCUT2D eigenvalue weighted by molar-refractivity contribution is 6.39. The number of aromatic nitrogens is 2. The SMILES string of the molecule is C[C@@H]1CN(C(=O)OC(C)(C)C)CCN1c1onc(-c2c(Cl)cccc2Cl)c1C(=O)n1ccc2c(/C=C/C(=O)OC(C)(C)C)cccc21. The highest BCUT2D eigenvalue weighted by Crippen LogP contribution is 2.41. The standard InChI is InChI=1S/C35H38Cl2N4O6/c1-21-20-39(33(44)46-35(5,6)7)18-19-40(21)32-29(30(38-47-32)28-24(36)11-9-12-25(28)37)31(43)41-17-16-23-22(10-8-13-26(23)41)14-15-27(42)45-34(2,3)4/h8-17,21H,18-20H2,1-7H3/b15-14+/t21-/m1/s1. The fourth-order valence-corrected chi connectivity index (χ4v) is 6.02. The van der Waals surface area contributed by atoms with E-state index in [1.54, 1.807) is 68.3 Å². The van der Waals surface area contributed by atoms with Crippen LogP contribution in [0.1, 0.15) is 64.4 Å². The Hall–Kier alpha value is -4.28.